The molecule has 0 aliphatic rings. The SMILES string of the molecule is C=CCC(C)CC(C)CC(C)CC(C)CC.CC(C)(Br)C(=O)O.CCC(C)CC(C)CC(C)CC(C)CC(C)OC(=O)C(C)(C)Br. The fourth-order valence-electron chi connectivity index (χ4n) is 6.25. The Kier molecular flexibility index (Phi) is 28.8. The molecule has 276 valence electrons. The summed E-state index contributed by atoms with van der Waals surface area (Å²) >= 11 is 6.30. The second kappa shape index (κ2) is 26.5. The Bertz CT molecular complexity index is 785. The molecular formula is C40H78Br2O4. The molecule has 9 unspecified atom stereocenters. The second-order valence-electron chi connectivity index (χ2n) is 16.3. The number of carboxylic acids is 1. The summed E-state index contributed by atoms with van der Waals surface area (Å²) < 4.78 is 4.16. The maximum absolute atomic E-state index is 11.9. The molecule has 0 saturated heterocycles. The summed E-state index contributed by atoms with van der Waals surface area (Å²) in [5.41, 5.74) is 0. The van der Waals surface area contributed by atoms with Crippen LogP contribution in [0.4, 0.5) is 0 Å². The van der Waals surface area contributed by atoms with Gasteiger partial charge in [-0.15, -0.1) is 6.58 Å². The molecule has 4 nitrogen and oxygen atoms in total. The molecule has 0 fully saturated rings. The molecule has 0 spiro atoms. The molecule has 0 aromatic rings. The van der Waals surface area contributed by atoms with Gasteiger partial charge in [0, 0.05) is 0 Å². The summed E-state index contributed by atoms with van der Waals surface area (Å²) in [6.45, 7) is 36.1. The number of aliphatic carboxylic acids is 1. The van der Waals surface area contributed by atoms with Crippen LogP contribution in [-0.4, -0.2) is 31.8 Å². The first-order chi connectivity index (χ1) is 20.9. The van der Waals surface area contributed by atoms with Crippen LogP contribution in [0.25, 0.3) is 0 Å². The van der Waals surface area contributed by atoms with Crippen molar-refractivity contribution in [3.63, 3.8) is 0 Å². The minimum Gasteiger partial charge on any atom is -0.480 e. The van der Waals surface area contributed by atoms with Crippen LogP contribution < -0.4 is 0 Å². The molecule has 0 radical (unpaired) electrons. The van der Waals surface area contributed by atoms with E-state index in [1.807, 2.05) is 20.8 Å². The van der Waals surface area contributed by atoms with Crippen LogP contribution in [0.1, 0.15) is 168 Å². The van der Waals surface area contributed by atoms with Crippen LogP contribution in [0.5, 0.6) is 0 Å². The number of alkyl halides is 2. The molecule has 0 heterocycles. The third-order valence-electron chi connectivity index (χ3n) is 8.83. The molecule has 46 heavy (non-hydrogen) atoms. The van der Waals surface area contributed by atoms with Gasteiger partial charge in [0.05, 0.1) is 6.10 Å². The lowest BCUT2D eigenvalue weighted by molar-refractivity contribution is -0.150. The van der Waals surface area contributed by atoms with Gasteiger partial charge in [0.2, 0.25) is 0 Å². The zero-order valence-electron chi connectivity index (χ0n) is 33.0. The number of ether oxygens (including phenoxy) is 1. The molecule has 0 aromatic heterocycles. The van der Waals surface area contributed by atoms with E-state index in [0.29, 0.717) is 5.92 Å². The monoisotopic (exact) mass is 780 g/mol. The number of hydrogen-bond donors (Lipinski definition) is 1. The van der Waals surface area contributed by atoms with Crippen molar-refractivity contribution >= 4 is 43.8 Å². The van der Waals surface area contributed by atoms with Gasteiger partial charge < -0.3 is 9.84 Å². The minimum absolute atomic E-state index is 0.0148. The molecule has 0 saturated carbocycles. The lowest BCUT2D eigenvalue weighted by Crippen LogP contribution is -2.30. The maximum Gasteiger partial charge on any atom is 0.322 e. The third kappa shape index (κ3) is 30.9. The summed E-state index contributed by atoms with van der Waals surface area (Å²) in [5, 5.41) is 8.20. The van der Waals surface area contributed by atoms with Gasteiger partial charge in [0.25, 0.3) is 0 Å². The van der Waals surface area contributed by atoms with Crippen molar-refractivity contribution in [2.45, 2.75) is 183 Å². The predicted octanol–water partition coefficient (Wildman–Crippen LogP) is 13.5. The normalized spacial score (nSPS) is 17.7. The van der Waals surface area contributed by atoms with Gasteiger partial charge in [0.15, 0.2) is 0 Å². The molecule has 0 rings (SSSR count). The van der Waals surface area contributed by atoms with Crippen LogP contribution in [0, 0.1) is 47.3 Å². The number of carbonyl (C=O) groups is 2. The largest absolute Gasteiger partial charge is 0.480 e. The van der Waals surface area contributed by atoms with Gasteiger partial charge in [-0.2, -0.15) is 0 Å². The lowest BCUT2D eigenvalue weighted by atomic mass is 9.84. The highest BCUT2D eigenvalue weighted by molar-refractivity contribution is 9.10. The summed E-state index contributed by atoms with van der Waals surface area (Å²) in [4.78, 5) is 21.9. The molecular weight excluding hydrogens is 704 g/mol. The standard InChI is InChI=1S/C20H39BrO2.C16H32.C4H7BrO2/c1-9-14(2)10-15(3)11-16(4)12-17(5)13-18(6)23-19(22)20(7,8)21;1-7-9-14(4)11-16(6)12-15(5)10-13(3)8-2;1-4(2,5)3(6)7/h14-18H,9-13H2,1-8H3;7,13-16H,1,8-12H2,2-6H3;1-2H3,(H,6,7). The zero-order chi connectivity index (χ0) is 36.8. The average molecular weight is 783 g/mol. The van der Waals surface area contributed by atoms with Crippen molar-refractivity contribution in [3.05, 3.63) is 12.7 Å². The first-order valence-electron chi connectivity index (χ1n) is 18.3. The first-order valence-corrected chi connectivity index (χ1v) is 19.9. The highest BCUT2D eigenvalue weighted by Crippen LogP contribution is 2.28. The lowest BCUT2D eigenvalue weighted by Gasteiger charge is -2.25. The number of carboxylic acid groups (broad SMARTS) is 1. The summed E-state index contributed by atoms with van der Waals surface area (Å²) in [6, 6.07) is 0. The van der Waals surface area contributed by atoms with Gasteiger partial charge in [-0.05, 0) is 133 Å². The van der Waals surface area contributed by atoms with Crippen LogP contribution >= 0.6 is 31.9 Å². The van der Waals surface area contributed by atoms with E-state index in [9.17, 15) is 9.59 Å². The Labute approximate surface area is 304 Å². The minimum atomic E-state index is -0.840. The average Bonchev–Trinajstić information content (AvgIpc) is 2.87. The van der Waals surface area contributed by atoms with Crippen LogP contribution in [0.3, 0.4) is 0 Å². The van der Waals surface area contributed by atoms with E-state index in [0.717, 1.165) is 47.8 Å². The highest BCUT2D eigenvalue weighted by Gasteiger charge is 2.28. The highest BCUT2D eigenvalue weighted by atomic mass is 79.9. The van der Waals surface area contributed by atoms with Crippen molar-refractivity contribution in [2.75, 3.05) is 0 Å². The quantitative estimate of drug-likeness (QED) is 0.0715. The number of halogens is 2. The van der Waals surface area contributed by atoms with Crippen molar-refractivity contribution in [3.8, 4) is 0 Å². The molecule has 9 atom stereocenters. The Morgan fingerprint density at radius 1 is 0.609 bits per heavy atom. The smallest absolute Gasteiger partial charge is 0.322 e. The van der Waals surface area contributed by atoms with Crippen LogP contribution in [0.2, 0.25) is 0 Å². The molecule has 0 aliphatic heterocycles. The number of allylic oxidation sites excluding steroid dienone is 1. The van der Waals surface area contributed by atoms with Gasteiger partial charge in [-0.3, -0.25) is 9.59 Å². The van der Waals surface area contributed by atoms with E-state index in [2.05, 4.69) is 114 Å². The molecule has 0 bridgehead atoms. The second-order valence-corrected chi connectivity index (χ2v) is 20.3. The van der Waals surface area contributed by atoms with E-state index < -0.39 is 14.6 Å². The van der Waals surface area contributed by atoms with Gasteiger partial charge >= 0.3 is 11.9 Å². The van der Waals surface area contributed by atoms with Gasteiger partial charge in [0.1, 0.15) is 8.65 Å². The Morgan fingerprint density at radius 2 is 0.891 bits per heavy atom. The van der Waals surface area contributed by atoms with Gasteiger partial charge in [-0.25, -0.2) is 0 Å². The maximum atomic E-state index is 11.9. The number of hydrogen-bond acceptors (Lipinski definition) is 3. The molecule has 1 N–H and O–H groups in total. The van der Waals surface area contributed by atoms with E-state index in [-0.39, 0.29) is 12.1 Å². The molecule has 0 amide bonds. The van der Waals surface area contributed by atoms with Crippen molar-refractivity contribution < 1.29 is 19.4 Å². The molecule has 0 aliphatic carbocycles. The number of rotatable bonds is 21. The first kappa shape index (κ1) is 50.0. The topological polar surface area (TPSA) is 63.6 Å². The number of esters is 1. The zero-order valence-corrected chi connectivity index (χ0v) is 36.2. The van der Waals surface area contributed by atoms with E-state index in [1.54, 1.807) is 13.8 Å². The van der Waals surface area contributed by atoms with Gasteiger partial charge in [-0.1, -0.05) is 120 Å². The van der Waals surface area contributed by atoms with Crippen molar-refractivity contribution in [1.29, 1.82) is 0 Å². The Balaban J connectivity index is -0.000000692. The molecule has 6 heteroatoms. The van der Waals surface area contributed by atoms with Crippen LogP contribution in [0.15, 0.2) is 12.7 Å². The summed E-state index contributed by atoms with van der Waals surface area (Å²) in [7, 11) is 0. The fourth-order valence-corrected chi connectivity index (χ4v) is 6.35. The van der Waals surface area contributed by atoms with Crippen molar-refractivity contribution in [2.24, 2.45) is 47.3 Å². The molecule has 0 aromatic carbocycles. The third-order valence-corrected chi connectivity index (χ3v) is 9.49. The van der Waals surface area contributed by atoms with E-state index >= 15 is 0 Å². The van der Waals surface area contributed by atoms with E-state index in [1.165, 1.54) is 57.8 Å². The fraction of sp³-hybridized carbons (Fsp3) is 0.900. The van der Waals surface area contributed by atoms with Crippen molar-refractivity contribution in [1.82, 2.24) is 0 Å². The predicted molar refractivity (Wildman–Crippen MR) is 210 cm³/mol. The Morgan fingerprint density at radius 3 is 1.15 bits per heavy atom. The van der Waals surface area contributed by atoms with E-state index in [4.69, 9.17) is 9.84 Å². The Hall–Kier alpha value is -0.360. The number of carbonyl (C=O) groups excluding carboxylic acids is 1. The summed E-state index contributed by atoms with van der Waals surface area (Å²) in [6.07, 6.45) is 14.8. The summed E-state index contributed by atoms with van der Waals surface area (Å²) in [5.74, 6) is 5.41. The van der Waals surface area contributed by atoms with Crippen LogP contribution in [-0.2, 0) is 14.3 Å².